The lowest BCUT2D eigenvalue weighted by molar-refractivity contribution is 0.873. The van der Waals surface area contributed by atoms with Crippen molar-refractivity contribution >= 4 is 27.1 Å². The molecular weight excluding hydrogens is 262 g/mol. The molecule has 0 aliphatic carbocycles. The van der Waals surface area contributed by atoms with Crippen LogP contribution in [0, 0.1) is 13.8 Å². The van der Waals surface area contributed by atoms with Crippen molar-refractivity contribution in [1.82, 2.24) is 0 Å². The van der Waals surface area contributed by atoms with Gasteiger partial charge in [-0.15, -0.1) is 11.3 Å². The molecule has 0 saturated carbocycles. The summed E-state index contributed by atoms with van der Waals surface area (Å²) < 4.78 is 1.34. The third kappa shape index (κ3) is 2.56. The van der Waals surface area contributed by atoms with Crippen molar-refractivity contribution in [3.8, 4) is 0 Å². The second-order valence-electron chi connectivity index (χ2n) is 5.40. The SMILES string of the molecule is Cc1ccc(C(C)Nc2ccc3sccc3c2)c(C)c1. The third-order valence-corrected chi connectivity index (χ3v) is 4.63. The van der Waals surface area contributed by atoms with Gasteiger partial charge in [0.2, 0.25) is 0 Å². The van der Waals surface area contributed by atoms with E-state index in [9.17, 15) is 0 Å². The highest BCUT2D eigenvalue weighted by atomic mass is 32.1. The van der Waals surface area contributed by atoms with Crippen LogP contribution in [-0.2, 0) is 0 Å². The summed E-state index contributed by atoms with van der Waals surface area (Å²) in [4.78, 5) is 0. The number of thiophene rings is 1. The van der Waals surface area contributed by atoms with E-state index < -0.39 is 0 Å². The van der Waals surface area contributed by atoms with Gasteiger partial charge < -0.3 is 5.32 Å². The van der Waals surface area contributed by atoms with E-state index in [2.05, 4.69) is 73.9 Å². The molecule has 1 aromatic heterocycles. The zero-order valence-corrected chi connectivity index (χ0v) is 12.9. The summed E-state index contributed by atoms with van der Waals surface area (Å²) in [7, 11) is 0. The van der Waals surface area contributed by atoms with Crippen LogP contribution in [0.5, 0.6) is 0 Å². The van der Waals surface area contributed by atoms with Gasteiger partial charge in [-0.05, 0) is 66.9 Å². The number of hydrogen-bond donors (Lipinski definition) is 1. The minimum absolute atomic E-state index is 0.312. The fourth-order valence-electron chi connectivity index (χ4n) is 2.70. The summed E-state index contributed by atoms with van der Waals surface area (Å²) in [6.45, 7) is 6.54. The minimum atomic E-state index is 0.312. The fourth-order valence-corrected chi connectivity index (χ4v) is 3.47. The molecule has 0 radical (unpaired) electrons. The van der Waals surface area contributed by atoms with Crippen LogP contribution < -0.4 is 5.32 Å². The van der Waals surface area contributed by atoms with Gasteiger partial charge in [0.15, 0.2) is 0 Å². The number of rotatable bonds is 3. The first-order valence-electron chi connectivity index (χ1n) is 6.94. The zero-order valence-electron chi connectivity index (χ0n) is 12.1. The molecule has 2 aromatic carbocycles. The Morgan fingerprint density at radius 3 is 2.65 bits per heavy atom. The average Bonchev–Trinajstić information content (AvgIpc) is 2.85. The van der Waals surface area contributed by atoms with Crippen LogP contribution in [0.25, 0.3) is 10.1 Å². The van der Waals surface area contributed by atoms with Crippen LogP contribution in [0.2, 0.25) is 0 Å². The van der Waals surface area contributed by atoms with Crippen molar-refractivity contribution in [2.45, 2.75) is 26.8 Å². The summed E-state index contributed by atoms with van der Waals surface area (Å²) >= 11 is 1.79. The van der Waals surface area contributed by atoms with Crippen LogP contribution in [0.1, 0.15) is 29.7 Å². The fraction of sp³-hybridized carbons (Fsp3) is 0.222. The molecule has 3 aromatic rings. The van der Waals surface area contributed by atoms with Gasteiger partial charge in [-0.25, -0.2) is 0 Å². The van der Waals surface area contributed by atoms with Crippen molar-refractivity contribution in [1.29, 1.82) is 0 Å². The predicted molar refractivity (Wildman–Crippen MR) is 89.8 cm³/mol. The number of nitrogens with one attached hydrogen (secondary N) is 1. The Labute approximate surface area is 124 Å². The number of aryl methyl sites for hydroxylation is 2. The van der Waals surface area contributed by atoms with Gasteiger partial charge in [0.1, 0.15) is 0 Å². The van der Waals surface area contributed by atoms with E-state index in [4.69, 9.17) is 0 Å². The highest BCUT2D eigenvalue weighted by molar-refractivity contribution is 7.17. The summed E-state index contributed by atoms with van der Waals surface area (Å²) in [6.07, 6.45) is 0. The first-order valence-corrected chi connectivity index (χ1v) is 7.82. The molecule has 0 bridgehead atoms. The molecule has 102 valence electrons. The monoisotopic (exact) mass is 281 g/mol. The van der Waals surface area contributed by atoms with E-state index >= 15 is 0 Å². The number of hydrogen-bond acceptors (Lipinski definition) is 2. The van der Waals surface area contributed by atoms with Crippen molar-refractivity contribution in [3.05, 3.63) is 64.5 Å². The van der Waals surface area contributed by atoms with Gasteiger partial charge in [-0.1, -0.05) is 23.8 Å². The largest absolute Gasteiger partial charge is 0.378 e. The van der Waals surface area contributed by atoms with E-state index in [0.29, 0.717) is 6.04 Å². The standard InChI is InChI=1S/C18H19NS/c1-12-4-6-17(13(2)10-12)14(3)19-16-5-7-18-15(11-16)8-9-20-18/h4-11,14,19H,1-3H3. The summed E-state index contributed by atoms with van der Waals surface area (Å²) in [6, 6.07) is 15.7. The summed E-state index contributed by atoms with van der Waals surface area (Å²) in [5.74, 6) is 0. The van der Waals surface area contributed by atoms with Gasteiger partial charge in [0.05, 0.1) is 0 Å². The maximum Gasteiger partial charge on any atom is 0.0488 e. The maximum absolute atomic E-state index is 3.61. The molecule has 0 saturated heterocycles. The molecule has 0 aliphatic rings. The lowest BCUT2D eigenvalue weighted by atomic mass is 10.00. The Hall–Kier alpha value is -1.80. The smallest absolute Gasteiger partial charge is 0.0488 e. The van der Waals surface area contributed by atoms with Gasteiger partial charge in [-0.3, -0.25) is 0 Å². The molecule has 1 atom stereocenters. The Morgan fingerprint density at radius 1 is 1.00 bits per heavy atom. The molecular formula is C18H19NS. The number of anilines is 1. The number of benzene rings is 2. The van der Waals surface area contributed by atoms with Crippen molar-refractivity contribution in [2.75, 3.05) is 5.32 Å². The highest BCUT2D eigenvalue weighted by Crippen LogP contribution is 2.27. The van der Waals surface area contributed by atoms with Crippen LogP contribution in [0.15, 0.2) is 47.8 Å². The molecule has 0 fully saturated rings. The Bertz CT molecular complexity index is 742. The molecule has 0 aliphatic heterocycles. The van der Waals surface area contributed by atoms with Crippen LogP contribution >= 0.6 is 11.3 Å². The van der Waals surface area contributed by atoms with Crippen molar-refractivity contribution in [3.63, 3.8) is 0 Å². The normalized spacial score (nSPS) is 12.6. The highest BCUT2D eigenvalue weighted by Gasteiger charge is 2.08. The lowest BCUT2D eigenvalue weighted by Crippen LogP contribution is -2.08. The van der Waals surface area contributed by atoms with Crippen LogP contribution in [0.3, 0.4) is 0 Å². The molecule has 20 heavy (non-hydrogen) atoms. The predicted octanol–water partition coefficient (Wildman–Crippen LogP) is 5.69. The van der Waals surface area contributed by atoms with E-state index in [-0.39, 0.29) is 0 Å². The van der Waals surface area contributed by atoms with Crippen LogP contribution in [-0.4, -0.2) is 0 Å². The number of fused-ring (bicyclic) bond motifs is 1. The van der Waals surface area contributed by atoms with Gasteiger partial charge in [-0.2, -0.15) is 0 Å². The van der Waals surface area contributed by atoms with E-state index in [1.165, 1.54) is 32.5 Å². The summed E-state index contributed by atoms with van der Waals surface area (Å²) in [5.41, 5.74) is 5.21. The second-order valence-corrected chi connectivity index (χ2v) is 6.35. The maximum atomic E-state index is 3.61. The molecule has 1 nitrogen and oxygen atoms in total. The lowest BCUT2D eigenvalue weighted by Gasteiger charge is -2.18. The van der Waals surface area contributed by atoms with Gasteiger partial charge in [0, 0.05) is 16.4 Å². The molecule has 3 rings (SSSR count). The molecule has 1 N–H and O–H groups in total. The van der Waals surface area contributed by atoms with Gasteiger partial charge >= 0.3 is 0 Å². The van der Waals surface area contributed by atoms with E-state index in [0.717, 1.165) is 0 Å². The Balaban J connectivity index is 1.85. The Morgan fingerprint density at radius 2 is 1.85 bits per heavy atom. The van der Waals surface area contributed by atoms with E-state index in [1.54, 1.807) is 11.3 Å². The molecule has 0 spiro atoms. The van der Waals surface area contributed by atoms with Crippen molar-refractivity contribution in [2.24, 2.45) is 0 Å². The third-order valence-electron chi connectivity index (χ3n) is 3.73. The minimum Gasteiger partial charge on any atom is -0.378 e. The van der Waals surface area contributed by atoms with E-state index in [1.807, 2.05) is 0 Å². The zero-order chi connectivity index (χ0) is 14.1. The molecule has 2 heteroatoms. The first-order chi connectivity index (χ1) is 9.63. The van der Waals surface area contributed by atoms with Crippen molar-refractivity contribution < 1.29 is 0 Å². The van der Waals surface area contributed by atoms with Crippen LogP contribution in [0.4, 0.5) is 5.69 Å². The topological polar surface area (TPSA) is 12.0 Å². The Kier molecular flexibility index (Phi) is 3.49. The second kappa shape index (κ2) is 5.29. The first kappa shape index (κ1) is 13.2. The molecule has 1 heterocycles. The quantitative estimate of drug-likeness (QED) is 0.650. The molecule has 0 amide bonds. The molecule has 1 unspecified atom stereocenters. The summed E-state index contributed by atoms with van der Waals surface area (Å²) in [5, 5.41) is 7.06. The average molecular weight is 281 g/mol. The van der Waals surface area contributed by atoms with Gasteiger partial charge in [0.25, 0.3) is 0 Å².